The van der Waals surface area contributed by atoms with Crippen molar-refractivity contribution < 1.29 is 27.6 Å². The predicted octanol–water partition coefficient (Wildman–Crippen LogP) is 3.95. The van der Waals surface area contributed by atoms with Gasteiger partial charge in [-0.25, -0.2) is 13.2 Å². The highest BCUT2D eigenvalue weighted by Crippen LogP contribution is 2.33. The molecular formula is C26H20F3N5O3S. The highest BCUT2D eigenvalue weighted by Gasteiger charge is 2.36. The van der Waals surface area contributed by atoms with Crippen LogP contribution in [0.3, 0.4) is 0 Å². The molecule has 0 aliphatic heterocycles. The van der Waals surface area contributed by atoms with Crippen molar-refractivity contribution in [2.24, 2.45) is 5.73 Å². The molecule has 1 unspecified atom stereocenters. The molecule has 0 bridgehead atoms. The van der Waals surface area contributed by atoms with Crippen LogP contribution >= 0.6 is 11.5 Å². The number of carbonyl (C=O) groups excluding carboxylic acids is 3. The second-order valence-electron chi connectivity index (χ2n) is 8.09. The SMILES string of the molecule is NC(=O)c1nsc(C(=O)N(c2cccc(F)c2)C(C(=O)NCc2ccc(F)cc2)c2ccc(F)cc2)c1N. The van der Waals surface area contributed by atoms with Crippen molar-refractivity contribution >= 4 is 40.6 Å². The molecule has 0 spiro atoms. The number of nitrogens with zero attached hydrogens (tertiary/aromatic N) is 2. The summed E-state index contributed by atoms with van der Waals surface area (Å²) in [4.78, 5) is 39.9. The number of hydrogen-bond acceptors (Lipinski definition) is 6. The summed E-state index contributed by atoms with van der Waals surface area (Å²) in [5.74, 6) is -4.27. The van der Waals surface area contributed by atoms with Gasteiger partial charge in [0.25, 0.3) is 11.8 Å². The molecule has 1 atom stereocenters. The summed E-state index contributed by atoms with van der Waals surface area (Å²) in [5.41, 5.74) is 11.4. The van der Waals surface area contributed by atoms with Crippen molar-refractivity contribution in [3.05, 3.63) is 112 Å². The van der Waals surface area contributed by atoms with Gasteiger partial charge >= 0.3 is 0 Å². The third-order valence-electron chi connectivity index (χ3n) is 5.53. The maximum absolute atomic E-state index is 14.3. The van der Waals surface area contributed by atoms with E-state index in [0.717, 1.165) is 29.2 Å². The number of amides is 3. The molecule has 0 aliphatic carbocycles. The molecule has 4 rings (SSSR count). The Hall–Kier alpha value is -4.71. The fraction of sp³-hybridized carbons (Fsp3) is 0.0769. The van der Waals surface area contributed by atoms with Gasteiger partial charge in [-0.1, -0.05) is 30.3 Å². The molecule has 3 amide bonds. The van der Waals surface area contributed by atoms with Crippen LogP contribution in [0.5, 0.6) is 0 Å². The van der Waals surface area contributed by atoms with E-state index >= 15 is 0 Å². The van der Waals surface area contributed by atoms with Gasteiger partial charge < -0.3 is 16.8 Å². The van der Waals surface area contributed by atoms with E-state index in [9.17, 15) is 27.6 Å². The Bertz CT molecular complexity index is 1490. The lowest BCUT2D eigenvalue weighted by molar-refractivity contribution is -0.122. The van der Waals surface area contributed by atoms with Crippen molar-refractivity contribution in [3.63, 3.8) is 0 Å². The highest BCUT2D eigenvalue weighted by atomic mass is 32.1. The molecule has 0 saturated carbocycles. The van der Waals surface area contributed by atoms with E-state index in [4.69, 9.17) is 11.5 Å². The van der Waals surface area contributed by atoms with E-state index in [1.807, 2.05) is 0 Å². The van der Waals surface area contributed by atoms with Crippen molar-refractivity contribution in [1.29, 1.82) is 0 Å². The minimum atomic E-state index is -1.44. The first-order valence-electron chi connectivity index (χ1n) is 11.1. The minimum absolute atomic E-state index is 0.0188. The number of benzene rings is 3. The van der Waals surface area contributed by atoms with Gasteiger partial charge in [-0.15, -0.1) is 0 Å². The van der Waals surface area contributed by atoms with Crippen molar-refractivity contribution in [3.8, 4) is 0 Å². The summed E-state index contributed by atoms with van der Waals surface area (Å²) in [7, 11) is 0. The fourth-order valence-corrected chi connectivity index (χ4v) is 4.44. The van der Waals surface area contributed by atoms with Crippen molar-refractivity contribution in [1.82, 2.24) is 9.69 Å². The number of hydrogen-bond donors (Lipinski definition) is 3. The topological polar surface area (TPSA) is 131 Å². The Kier molecular flexibility index (Phi) is 7.72. The molecule has 8 nitrogen and oxygen atoms in total. The van der Waals surface area contributed by atoms with Gasteiger partial charge in [0.2, 0.25) is 5.91 Å². The number of carbonyl (C=O) groups is 3. The predicted molar refractivity (Wildman–Crippen MR) is 136 cm³/mol. The van der Waals surface area contributed by atoms with E-state index < -0.39 is 41.2 Å². The second kappa shape index (κ2) is 11.1. The molecule has 38 heavy (non-hydrogen) atoms. The summed E-state index contributed by atoms with van der Waals surface area (Å²) in [6, 6.07) is 13.7. The largest absolute Gasteiger partial charge is 0.395 e. The lowest BCUT2D eigenvalue weighted by Crippen LogP contribution is -2.44. The van der Waals surface area contributed by atoms with Crippen LogP contribution in [0.2, 0.25) is 0 Å². The number of nitrogens with two attached hydrogens (primary N) is 2. The second-order valence-corrected chi connectivity index (χ2v) is 8.87. The first kappa shape index (κ1) is 26.4. The van der Waals surface area contributed by atoms with Crippen LogP contribution in [0.4, 0.5) is 24.5 Å². The number of anilines is 2. The molecule has 12 heteroatoms. The van der Waals surface area contributed by atoms with E-state index in [0.29, 0.717) is 17.1 Å². The quantitative estimate of drug-likeness (QED) is 0.312. The van der Waals surface area contributed by atoms with Gasteiger partial charge in [0.1, 0.15) is 28.4 Å². The van der Waals surface area contributed by atoms with Crippen LogP contribution in [0.25, 0.3) is 0 Å². The molecule has 3 aromatic carbocycles. The van der Waals surface area contributed by atoms with Gasteiger partial charge in [0.15, 0.2) is 5.69 Å². The monoisotopic (exact) mass is 539 g/mol. The molecule has 1 heterocycles. The molecule has 5 N–H and O–H groups in total. The van der Waals surface area contributed by atoms with Gasteiger partial charge in [0.05, 0.1) is 5.69 Å². The maximum atomic E-state index is 14.3. The Balaban J connectivity index is 1.81. The van der Waals surface area contributed by atoms with E-state index in [1.165, 1.54) is 48.5 Å². The van der Waals surface area contributed by atoms with Crippen LogP contribution in [-0.4, -0.2) is 22.1 Å². The van der Waals surface area contributed by atoms with Crippen LogP contribution in [0.15, 0.2) is 72.8 Å². The van der Waals surface area contributed by atoms with E-state index in [-0.39, 0.29) is 34.1 Å². The first-order chi connectivity index (χ1) is 18.2. The van der Waals surface area contributed by atoms with Crippen LogP contribution in [0.1, 0.15) is 37.3 Å². The number of nitrogens with one attached hydrogen (secondary N) is 1. The molecule has 0 saturated heterocycles. The van der Waals surface area contributed by atoms with Crippen LogP contribution < -0.4 is 21.7 Å². The lowest BCUT2D eigenvalue weighted by Gasteiger charge is -2.31. The van der Waals surface area contributed by atoms with Gasteiger partial charge in [-0.3, -0.25) is 19.3 Å². The molecule has 0 aliphatic rings. The summed E-state index contributed by atoms with van der Waals surface area (Å²) < 4.78 is 45.2. The first-order valence-corrected chi connectivity index (χ1v) is 11.8. The van der Waals surface area contributed by atoms with Crippen molar-refractivity contribution in [2.75, 3.05) is 10.6 Å². The van der Waals surface area contributed by atoms with Gasteiger partial charge in [0, 0.05) is 12.2 Å². The maximum Gasteiger partial charge on any atom is 0.273 e. The summed E-state index contributed by atoms with van der Waals surface area (Å²) >= 11 is 0.590. The summed E-state index contributed by atoms with van der Waals surface area (Å²) in [6.07, 6.45) is 0. The fourth-order valence-electron chi connectivity index (χ4n) is 3.70. The summed E-state index contributed by atoms with van der Waals surface area (Å²) in [5, 5.41) is 2.68. The normalized spacial score (nSPS) is 11.6. The zero-order valence-corrected chi connectivity index (χ0v) is 20.3. The van der Waals surface area contributed by atoms with E-state index in [2.05, 4.69) is 9.69 Å². The van der Waals surface area contributed by atoms with Crippen LogP contribution in [-0.2, 0) is 11.3 Å². The third kappa shape index (κ3) is 5.65. The number of nitrogen functional groups attached to an aromatic ring is 1. The number of primary amides is 1. The van der Waals surface area contributed by atoms with Crippen LogP contribution in [0, 0.1) is 17.5 Å². The molecule has 1 aromatic heterocycles. The minimum Gasteiger partial charge on any atom is -0.395 e. The van der Waals surface area contributed by atoms with Gasteiger partial charge in [-0.05, 0) is 65.1 Å². The zero-order valence-electron chi connectivity index (χ0n) is 19.5. The zero-order chi connectivity index (χ0) is 27.4. The molecule has 4 aromatic rings. The number of rotatable bonds is 8. The Labute approximate surface area is 218 Å². The standard InChI is InChI=1S/C26H20F3N5O3S/c27-16-8-4-14(5-9-16)13-32-25(36)22(15-6-10-17(28)11-7-15)34(19-3-1-2-18(29)12-19)26(37)23-20(30)21(24(31)35)33-38-23/h1-12,22H,13,30H2,(H2,31,35)(H,32,36). The summed E-state index contributed by atoms with van der Waals surface area (Å²) in [6.45, 7) is -0.0312. The van der Waals surface area contributed by atoms with Gasteiger partial charge in [-0.2, -0.15) is 4.37 Å². The third-order valence-corrected chi connectivity index (χ3v) is 6.38. The molecule has 0 fully saturated rings. The lowest BCUT2D eigenvalue weighted by atomic mass is 10.0. The molecule has 0 radical (unpaired) electrons. The van der Waals surface area contributed by atoms with E-state index in [1.54, 1.807) is 0 Å². The molecular weight excluding hydrogens is 519 g/mol. The number of aromatic nitrogens is 1. The highest BCUT2D eigenvalue weighted by molar-refractivity contribution is 7.09. The average molecular weight is 540 g/mol. The Morgan fingerprint density at radius 1 is 0.921 bits per heavy atom. The Morgan fingerprint density at radius 2 is 1.55 bits per heavy atom. The Morgan fingerprint density at radius 3 is 2.13 bits per heavy atom. The smallest absolute Gasteiger partial charge is 0.273 e. The molecule has 194 valence electrons. The average Bonchev–Trinajstić information content (AvgIpc) is 3.28. The van der Waals surface area contributed by atoms with Crippen molar-refractivity contribution in [2.45, 2.75) is 12.6 Å². The number of halogens is 3.